The molecular formula is C16H18N4. The van der Waals surface area contributed by atoms with Crippen LogP contribution in [0.1, 0.15) is 60.3 Å². The van der Waals surface area contributed by atoms with E-state index in [2.05, 4.69) is 34.2 Å². The normalized spacial score (nSPS) is 21.5. The van der Waals surface area contributed by atoms with Crippen LogP contribution in [-0.2, 0) is 6.42 Å². The van der Waals surface area contributed by atoms with Gasteiger partial charge in [0.1, 0.15) is 11.6 Å². The molecule has 2 aliphatic carbocycles. The molecule has 1 aromatic carbocycles. The van der Waals surface area contributed by atoms with E-state index in [0.29, 0.717) is 11.9 Å². The highest BCUT2D eigenvalue weighted by Gasteiger charge is 2.30. The first-order valence-electron chi connectivity index (χ1n) is 7.40. The molecule has 1 fully saturated rings. The van der Waals surface area contributed by atoms with E-state index in [1.807, 2.05) is 0 Å². The number of nitrogen functional groups attached to an aromatic ring is 1. The first-order valence-corrected chi connectivity index (χ1v) is 7.40. The van der Waals surface area contributed by atoms with Crippen molar-refractivity contribution < 1.29 is 0 Å². The number of hydrogen-bond donors (Lipinski definition) is 1. The van der Waals surface area contributed by atoms with Crippen molar-refractivity contribution in [3.05, 3.63) is 47.0 Å². The Balaban J connectivity index is 1.78. The molecule has 1 aromatic heterocycles. The molecular weight excluding hydrogens is 248 g/mol. The molecule has 4 rings (SSSR count). The van der Waals surface area contributed by atoms with Gasteiger partial charge in [0.2, 0.25) is 5.95 Å². The van der Waals surface area contributed by atoms with Crippen molar-refractivity contribution in [1.29, 1.82) is 0 Å². The molecule has 0 spiro atoms. The topological polar surface area (TPSA) is 64.7 Å². The number of aryl methyl sites for hydroxylation is 1. The van der Waals surface area contributed by atoms with Crippen LogP contribution < -0.4 is 5.73 Å². The summed E-state index contributed by atoms with van der Waals surface area (Å²) in [5.41, 5.74) is 8.68. The minimum Gasteiger partial charge on any atom is -0.368 e. The van der Waals surface area contributed by atoms with Crippen LogP contribution >= 0.6 is 0 Å². The average molecular weight is 266 g/mol. The molecule has 2 N–H and O–H groups in total. The number of aromatic nitrogens is 3. The fourth-order valence-electron chi connectivity index (χ4n) is 3.13. The standard InChI is InChI=1S/C16H18N4/c17-16-19-14(11-8-9-11)18-15(20-16)13-7-3-5-10-4-1-2-6-12(10)13/h1-2,4,6,11,13H,3,5,7-9H2,(H2,17,18,19,20). The Hall–Kier alpha value is -1.97. The lowest BCUT2D eigenvalue weighted by Crippen LogP contribution is -2.16. The van der Waals surface area contributed by atoms with Crippen LogP contribution in [0.5, 0.6) is 0 Å². The molecule has 1 saturated carbocycles. The maximum atomic E-state index is 5.89. The van der Waals surface area contributed by atoms with Crippen LogP contribution in [0.2, 0.25) is 0 Å². The van der Waals surface area contributed by atoms with E-state index < -0.39 is 0 Å². The molecule has 2 aliphatic rings. The second-order valence-electron chi connectivity index (χ2n) is 5.83. The number of nitrogens with zero attached hydrogens (tertiary/aromatic N) is 3. The molecule has 102 valence electrons. The summed E-state index contributed by atoms with van der Waals surface area (Å²) in [6.45, 7) is 0. The van der Waals surface area contributed by atoms with Gasteiger partial charge in [0.05, 0.1) is 0 Å². The minimum atomic E-state index is 0.280. The average Bonchev–Trinajstić information content (AvgIpc) is 3.30. The first kappa shape index (κ1) is 11.8. The van der Waals surface area contributed by atoms with Gasteiger partial charge in [-0.3, -0.25) is 0 Å². The maximum absolute atomic E-state index is 5.89. The van der Waals surface area contributed by atoms with Crippen molar-refractivity contribution in [2.75, 3.05) is 5.73 Å². The molecule has 1 unspecified atom stereocenters. The molecule has 2 aromatic rings. The van der Waals surface area contributed by atoms with E-state index in [1.165, 1.54) is 30.4 Å². The van der Waals surface area contributed by atoms with Crippen LogP contribution in [0, 0.1) is 0 Å². The molecule has 4 nitrogen and oxygen atoms in total. The Morgan fingerprint density at radius 1 is 0.950 bits per heavy atom. The van der Waals surface area contributed by atoms with Gasteiger partial charge in [0.15, 0.2) is 0 Å². The smallest absolute Gasteiger partial charge is 0.223 e. The summed E-state index contributed by atoms with van der Waals surface area (Å²) in [7, 11) is 0. The Labute approximate surface area is 118 Å². The van der Waals surface area contributed by atoms with Crippen LogP contribution in [-0.4, -0.2) is 15.0 Å². The van der Waals surface area contributed by atoms with E-state index in [-0.39, 0.29) is 5.92 Å². The number of benzene rings is 1. The molecule has 1 atom stereocenters. The molecule has 0 amide bonds. The molecule has 0 saturated heterocycles. The largest absolute Gasteiger partial charge is 0.368 e. The number of fused-ring (bicyclic) bond motifs is 1. The van der Waals surface area contributed by atoms with Crippen LogP contribution in [0.3, 0.4) is 0 Å². The van der Waals surface area contributed by atoms with Gasteiger partial charge in [-0.05, 0) is 43.2 Å². The van der Waals surface area contributed by atoms with Gasteiger partial charge in [-0.1, -0.05) is 24.3 Å². The Morgan fingerprint density at radius 3 is 2.60 bits per heavy atom. The summed E-state index contributed by atoms with van der Waals surface area (Å²) in [5, 5.41) is 0. The second kappa shape index (κ2) is 4.54. The molecule has 0 aliphatic heterocycles. The number of nitrogens with two attached hydrogens (primary N) is 1. The van der Waals surface area contributed by atoms with E-state index in [1.54, 1.807) is 0 Å². The van der Waals surface area contributed by atoms with Crippen LogP contribution in [0.25, 0.3) is 0 Å². The quantitative estimate of drug-likeness (QED) is 0.907. The predicted octanol–water partition coefficient (Wildman–Crippen LogP) is 2.80. The molecule has 20 heavy (non-hydrogen) atoms. The third-order valence-corrected chi connectivity index (χ3v) is 4.31. The summed E-state index contributed by atoms with van der Waals surface area (Å²) in [5.74, 6) is 2.93. The van der Waals surface area contributed by atoms with Gasteiger partial charge in [-0.25, -0.2) is 4.98 Å². The Bertz CT molecular complexity index is 649. The lowest BCUT2D eigenvalue weighted by molar-refractivity contribution is 0.584. The van der Waals surface area contributed by atoms with Crippen molar-refractivity contribution >= 4 is 5.95 Å². The summed E-state index contributed by atoms with van der Waals surface area (Å²) < 4.78 is 0. The SMILES string of the molecule is Nc1nc(C2CC2)nc(C2CCCc3ccccc32)n1. The van der Waals surface area contributed by atoms with Crippen LogP contribution in [0.15, 0.2) is 24.3 Å². The lowest BCUT2D eigenvalue weighted by atomic mass is 9.82. The van der Waals surface area contributed by atoms with Gasteiger partial charge in [-0.2, -0.15) is 9.97 Å². The predicted molar refractivity (Wildman–Crippen MR) is 77.4 cm³/mol. The monoisotopic (exact) mass is 266 g/mol. The van der Waals surface area contributed by atoms with Gasteiger partial charge in [-0.15, -0.1) is 0 Å². The number of hydrogen-bond acceptors (Lipinski definition) is 4. The van der Waals surface area contributed by atoms with Crippen molar-refractivity contribution in [2.45, 2.75) is 43.9 Å². The highest BCUT2D eigenvalue weighted by atomic mass is 15.1. The van der Waals surface area contributed by atoms with Crippen molar-refractivity contribution in [2.24, 2.45) is 0 Å². The zero-order chi connectivity index (χ0) is 13.5. The van der Waals surface area contributed by atoms with Crippen molar-refractivity contribution in [1.82, 2.24) is 15.0 Å². The zero-order valence-electron chi connectivity index (χ0n) is 11.4. The van der Waals surface area contributed by atoms with E-state index in [0.717, 1.165) is 24.5 Å². The number of anilines is 1. The Morgan fingerprint density at radius 2 is 1.75 bits per heavy atom. The molecule has 0 radical (unpaired) electrons. The second-order valence-corrected chi connectivity index (χ2v) is 5.83. The zero-order valence-corrected chi connectivity index (χ0v) is 11.4. The third kappa shape index (κ3) is 2.05. The fraction of sp³-hybridized carbons (Fsp3) is 0.438. The molecule has 1 heterocycles. The third-order valence-electron chi connectivity index (χ3n) is 4.31. The van der Waals surface area contributed by atoms with Crippen molar-refractivity contribution in [3.63, 3.8) is 0 Å². The van der Waals surface area contributed by atoms with E-state index in [9.17, 15) is 0 Å². The summed E-state index contributed by atoms with van der Waals surface area (Å²) >= 11 is 0. The summed E-state index contributed by atoms with van der Waals surface area (Å²) in [4.78, 5) is 13.4. The number of rotatable bonds is 2. The highest BCUT2D eigenvalue weighted by Crippen LogP contribution is 2.40. The highest BCUT2D eigenvalue weighted by molar-refractivity contribution is 5.37. The molecule has 4 heteroatoms. The fourth-order valence-corrected chi connectivity index (χ4v) is 3.13. The maximum Gasteiger partial charge on any atom is 0.223 e. The van der Waals surface area contributed by atoms with Gasteiger partial charge < -0.3 is 5.73 Å². The van der Waals surface area contributed by atoms with E-state index in [4.69, 9.17) is 10.7 Å². The first-order chi connectivity index (χ1) is 9.81. The van der Waals surface area contributed by atoms with Gasteiger partial charge in [0, 0.05) is 11.8 Å². The van der Waals surface area contributed by atoms with Gasteiger partial charge >= 0.3 is 0 Å². The summed E-state index contributed by atoms with van der Waals surface area (Å²) in [6.07, 6.45) is 5.81. The van der Waals surface area contributed by atoms with Crippen LogP contribution in [0.4, 0.5) is 5.95 Å². The van der Waals surface area contributed by atoms with E-state index >= 15 is 0 Å². The lowest BCUT2D eigenvalue weighted by Gasteiger charge is -2.24. The minimum absolute atomic E-state index is 0.280. The summed E-state index contributed by atoms with van der Waals surface area (Å²) in [6, 6.07) is 8.63. The Kier molecular flexibility index (Phi) is 2.69. The van der Waals surface area contributed by atoms with Crippen molar-refractivity contribution in [3.8, 4) is 0 Å². The molecule has 0 bridgehead atoms. The van der Waals surface area contributed by atoms with Gasteiger partial charge in [0.25, 0.3) is 0 Å².